The number of aliphatic imine (C=N–C) groups is 1. The Morgan fingerprint density at radius 2 is 2.00 bits per heavy atom. The Balaban J connectivity index is 0.00000288. The van der Waals surface area contributed by atoms with Crippen LogP contribution in [-0.2, 0) is 11.3 Å². The Morgan fingerprint density at radius 3 is 2.62 bits per heavy atom. The van der Waals surface area contributed by atoms with Crippen molar-refractivity contribution in [2.24, 2.45) is 4.99 Å². The van der Waals surface area contributed by atoms with Crippen LogP contribution in [0.2, 0.25) is 0 Å². The molecule has 1 N–H and O–H groups in total. The van der Waals surface area contributed by atoms with Gasteiger partial charge in [-0.2, -0.15) is 0 Å². The number of piperidine rings is 1. The smallest absolute Gasteiger partial charge is 0.194 e. The monoisotopic (exact) mass is 453 g/mol. The molecule has 0 bridgehead atoms. The van der Waals surface area contributed by atoms with Gasteiger partial charge in [-0.05, 0) is 44.9 Å². The van der Waals surface area contributed by atoms with E-state index < -0.39 is 11.6 Å². The van der Waals surface area contributed by atoms with E-state index in [9.17, 15) is 8.78 Å². The quantitative estimate of drug-likeness (QED) is 0.421. The molecule has 0 spiro atoms. The summed E-state index contributed by atoms with van der Waals surface area (Å²) in [6, 6.07) is 3.46. The van der Waals surface area contributed by atoms with E-state index in [0.717, 1.165) is 57.2 Å². The van der Waals surface area contributed by atoms with Crippen LogP contribution in [0.15, 0.2) is 23.2 Å². The third kappa shape index (κ3) is 6.16. The zero-order valence-electron chi connectivity index (χ0n) is 14.2. The molecule has 1 fully saturated rings. The molecule has 1 aromatic rings. The third-order valence-corrected chi connectivity index (χ3v) is 3.89. The fourth-order valence-electron chi connectivity index (χ4n) is 2.72. The molecule has 0 saturated carbocycles. The summed E-state index contributed by atoms with van der Waals surface area (Å²) in [6.45, 7) is 7.28. The molecular formula is C17H26F2IN3O. The summed E-state index contributed by atoms with van der Waals surface area (Å²) in [6.07, 6.45) is 2.21. The molecule has 0 unspecified atom stereocenters. The van der Waals surface area contributed by atoms with Crippen molar-refractivity contribution in [3.8, 4) is 0 Å². The number of rotatable bonds is 5. The van der Waals surface area contributed by atoms with Crippen molar-refractivity contribution in [1.82, 2.24) is 10.2 Å². The van der Waals surface area contributed by atoms with Crippen LogP contribution in [0.25, 0.3) is 0 Å². The highest BCUT2D eigenvalue weighted by molar-refractivity contribution is 14.0. The molecule has 1 aromatic carbocycles. The lowest BCUT2D eigenvalue weighted by Crippen LogP contribution is -2.47. The van der Waals surface area contributed by atoms with Crippen LogP contribution < -0.4 is 5.32 Å². The zero-order chi connectivity index (χ0) is 16.7. The van der Waals surface area contributed by atoms with Gasteiger partial charge in [-0.1, -0.05) is 0 Å². The molecule has 1 aliphatic heterocycles. The second kappa shape index (κ2) is 10.8. The Kier molecular flexibility index (Phi) is 9.50. The second-order valence-corrected chi connectivity index (χ2v) is 5.55. The first-order chi connectivity index (χ1) is 11.1. The number of ether oxygens (including phenoxy) is 1. The minimum absolute atomic E-state index is 0. The van der Waals surface area contributed by atoms with Gasteiger partial charge in [0.25, 0.3) is 0 Å². The molecule has 7 heteroatoms. The number of hydrogen-bond donors (Lipinski definition) is 1. The lowest BCUT2D eigenvalue weighted by molar-refractivity contribution is 0.0263. The van der Waals surface area contributed by atoms with E-state index in [0.29, 0.717) is 6.10 Å². The van der Waals surface area contributed by atoms with Crippen LogP contribution >= 0.6 is 24.0 Å². The number of halogens is 3. The van der Waals surface area contributed by atoms with Crippen LogP contribution in [0.1, 0.15) is 32.3 Å². The predicted molar refractivity (Wildman–Crippen MR) is 103 cm³/mol. The van der Waals surface area contributed by atoms with E-state index in [1.54, 1.807) is 0 Å². The van der Waals surface area contributed by atoms with Crippen molar-refractivity contribution in [3.63, 3.8) is 0 Å². The Hall–Kier alpha value is -0.960. The predicted octanol–water partition coefficient (Wildman–Crippen LogP) is 3.55. The fraction of sp³-hybridized carbons (Fsp3) is 0.588. The minimum Gasteiger partial charge on any atom is -0.378 e. The maximum Gasteiger partial charge on any atom is 0.194 e. The second-order valence-electron chi connectivity index (χ2n) is 5.55. The van der Waals surface area contributed by atoms with E-state index in [-0.39, 0.29) is 36.1 Å². The standard InChI is InChI=1S/C17H25F2N3O.HI/c1-3-20-17(22-9-7-15(8-10-22)23-4-2)21-12-13-11-14(18)5-6-16(13)19;/h5-6,11,15H,3-4,7-10,12H2,1-2H3,(H,20,21);1H. The summed E-state index contributed by atoms with van der Waals surface area (Å²) in [5.41, 5.74) is 0.268. The lowest BCUT2D eigenvalue weighted by Gasteiger charge is -2.34. The van der Waals surface area contributed by atoms with Gasteiger partial charge < -0.3 is 15.0 Å². The molecule has 136 valence electrons. The molecule has 0 atom stereocenters. The zero-order valence-corrected chi connectivity index (χ0v) is 16.6. The molecule has 1 aliphatic rings. The molecule has 0 amide bonds. The number of hydrogen-bond acceptors (Lipinski definition) is 2. The third-order valence-electron chi connectivity index (χ3n) is 3.89. The van der Waals surface area contributed by atoms with Crippen molar-refractivity contribution >= 4 is 29.9 Å². The number of likely N-dealkylation sites (tertiary alicyclic amines) is 1. The number of nitrogens with zero attached hydrogens (tertiary/aromatic N) is 2. The SMILES string of the molecule is CCNC(=NCc1cc(F)ccc1F)N1CCC(OCC)CC1.I. The summed E-state index contributed by atoms with van der Waals surface area (Å²) in [7, 11) is 0. The molecule has 4 nitrogen and oxygen atoms in total. The molecule has 1 heterocycles. The van der Waals surface area contributed by atoms with Gasteiger partial charge in [-0.15, -0.1) is 24.0 Å². The van der Waals surface area contributed by atoms with Crippen molar-refractivity contribution in [3.05, 3.63) is 35.4 Å². The fourth-order valence-corrected chi connectivity index (χ4v) is 2.72. The number of guanidine groups is 1. The molecule has 1 saturated heterocycles. The first kappa shape index (κ1) is 21.1. The van der Waals surface area contributed by atoms with E-state index >= 15 is 0 Å². The van der Waals surface area contributed by atoms with Gasteiger partial charge in [-0.25, -0.2) is 13.8 Å². The number of benzene rings is 1. The highest BCUT2D eigenvalue weighted by Gasteiger charge is 2.21. The van der Waals surface area contributed by atoms with Crippen molar-refractivity contribution in [1.29, 1.82) is 0 Å². The maximum atomic E-state index is 13.7. The van der Waals surface area contributed by atoms with E-state index in [2.05, 4.69) is 15.2 Å². The molecule has 0 aromatic heterocycles. The van der Waals surface area contributed by atoms with E-state index in [1.807, 2.05) is 13.8 Å². The summed E-state index contributed by atoms with van der Waals surface area (Å²) in [5, 5.41) is 3.22. The average Bonchev–Trinajstić information content (AvgIpc) is 2.55. The normalized spacial score (nSPS) is 16.0. The van der Waals surface area contributed by atoms with Crippen LogP contribution in [0.4, 0.5) is 8.78 Å². The Bertz CT molecular complexity index is 535. The molecule has 0 aliphatic carbocycles. The van der Waals surface area contributed by atoms with Gasteiger partial charge in [-0.3, -0.25) is 0 Å². The van der Waals surface area contributed by atoms with E-state index in [4.69, 9.17) is 4.74 Å². The summed E-state index contributed by atoms with van der Waals surface area (Å²) < 4.78 is 32.6. The van der Waals surface area contributed by atoms with Gasteiger partial charge in [0, 0.05) is 31.8 Å². The van der Waals surface area contributed by atoms with Gasteiger partial charge >= 0.3 is 0 Å². The molecule has 0 radical (unpaired) electrons. The summed E-state index contributed by atoms with van der Waals surface area (Å²) in [4.78, 5) is 6.61. The number of nitrogens with one attached hydrogen (secondary N) is 1. The maximum absolute atomic E-state index is 13.7. The Morgan fingerprint density at radius 1 is 1.29 bits per heavy atom. The Labute approximate surface area is 159 Å². The lowest BCUT2D eigenvalue weighted by atomic mass is 10.1. The molecule has 24 heavy (non-hydrogen) atoms. The van der Waals surface area contributed by atoms with Crippen LogP contribution in [0, 0.1) is 11.6 Å². The molecular weight excluding hydrogens is 427 g/mol. The van der Waals surface area contributed by atoms with Gasteiger partial charge in [0.1, 0.15) is 11.6 Å². The summed E-state index contributed by atoms with van der Waals surface area (Å²) in [5.74, 6) is -0.133. The first-order valence-corrected chi connectivity index (χ1v) is 8.22. The average molecular weight is 453 g/mol. The van der Waals surface area contributed by atoms with Crippen LogP contribution in [-0.4, -0.2) is 43.2 Å². The van der Waals surface area contributed by atoms with Crippen molar-refractivity contribution < 1.29 is 13.5 Å². The van der Waals surface area contributed by atoms with Gasteiger partial charge in [0.05, 0.1) is 12.6 Å². The first-order valence-electron chi connectivity index (χ1n) is 8.22. The topological polar surface area (TPSA) is 36.9 Å². The van der Waals surface area contributed by atoms with Crippen molar-refractivity contribution in [2.45, 2.75) is 39.3 Å². The van der Waals surface area contributed by atoms with Crippen LogP contribution in [0.3, 0.4) is 0 Å². The molecule has 2 rings (SSSR count). The van der Waals surface area contributed by atoms with E-state index in [1.165, 1.54) is 6.07 Å². The highest BCUT2D eigenvalue weighted by atomic mass is 127. The minimum atomic E-state index is -0.445. The highest BCUT2D eigenvalue weighted by Crippen LogP contribution is 2.15. The summed E-state index contributed by atoms with van der Waals surface area (Å²) >= 11 is 0. The largest absolute Gasteiger partial charge is 0.378 e. The van der Waals surface area contributed by atoms with Crippen molar-refractivity contribution in [2.75, 3.05) is 26.2 Å². The van der Waals surface area contributed by atoms with Gasteiger partial charge in [0.15, 0.2) is 5.96 Å². The van der Waals surface area contributed by atoms with Gasteiger partial charge in [0.2, 0.25) is 0 Å². The van der Waals surface area contributed by atoms with Crippen LogP contribution in [0.5, 0.6) is 0 Å².